The molecule has 6 N–H and O–H groups in total. The number of carbonyl (C=O) groups is 6. The maximum absolute atomic E-state index is 12.2. The van der Waals surface area contributed by atoms with Crippen molar-refractivity contribution in [3.8, 4) is 0 Å². The van der Waals surface area contributed by atoms with Crippen LogP contribution >= 0.6 is 0 Å². The third-order valence-electron chi connectivity index (χ3n) is 23.4. The highest BCUT2D eigenvalue weighted by molar-refractivity contribution is 5.83. The van der Waals surface area contributed by atoms with Gasteiger partial charge in [0, 0.05) is 36.3 Å². The molecule has 18 nitrogen and oxygen atoms in total. The highest BCUT2D eigenvalue weighted by Gasteiger charge is 2.40. The van der Waals surface area contributed by atoms with E-state index in [-0.39, 0.29) is 125 Å². The molecule has 0 aromatic rings. The molecule has 9 fully saturated rings. The number of rotatable bonds is 37. The van der Waals surface area contributed by atoms with Crippen molar-refractivity contribution in [1.29, 1.82) is 0 Å². The van der Waals surface area contributed by atoms with Gasteiger partial charge in [-0.2, -0.15) is 0 Å². The van der Waals surface area contributed by atoms with Crippen molar-refractivity contribution >= 4 is 35.4 Å². The summed E-state index contributed by atoms with van der Waals surface area (Å²) in [5.74, 6) is 7.34. The van der Waals surface area contributed by atoms with Gasteiger partial charge in [-0.25, -0.2) is 0 Å². The topological polar surface area (TPSA) is 230 Å². The van der Waals surface area contributed by atoms with E-state index >= 15 is 0 Å². The SMILES string of the molecule is CC(C)NC(=O)C(CC(C)(C)C)OCC1CCCC1.CC(C)NC(=O)C(CC1CC1)OCC1CCCC1.CC(C)NC(=O)C(CC1CC1C)OCC1CCCC1.CC(C)NC(=O)C(CC1CCC1)OCC1CCCC1.CC(C)NC(=O)C(OCC1CCCC1)C(C)(C)C.CC(C)NC(=O)C(OCC1CCCC1)C(C)(C)C. The molecule has 0 aromatic carbocycles. The van der Waals surface area contributed by atoms with Gasteiger partial charge in [0.2, 0.25) is 35.4 Å². The van der Waals surface area contributed by atoms with Crippen molar-refractivity contribution in [2.24, 2.45) is 75.4 Å². The molecule has 9 saturated carbocycles. The Morgan fingerprint density at radius 2 is 0.486 bits per heavy atom. The molecule has 9 rings (SSSR count). The number of amides is 6. The maximum Gasteiger partial charge on any atom is 0.249 e. The number of ether oxygens (including phenoxy) is 6. The number of nitrogens with one attached hydrogen (secondary N) is 6. The Morgan fingerprint density at radius 1 is 0.279 bits per heavy atom. The lowest BCUT2D eigenvalue weighted by molar-refractivity contribution is -0.142. The number of hydrogen-bond acceptors (Lipinski definition) is 12. The Hall–Kier alpha value is -3.42. The molecule has 9 aliphatic carbocycles. The van der Waals surface area contributed by atoms with Crippen LogP contribution in [0.15, 0.2) is 0 Å². The highest BCUT2D eigenvalue weighted by Crippen LogP contribution is 2.42. The maximum atomic E-state index is 12.2. The van der Waals surface area contributed by atoms with Crippen LogP contribution in [0.5, 0.6) is 0 Å². The monoisotopic (exact) mass is 1570 g/mol. The number of hydrogen-bond donors (Lipinski definition) is 6. The molecule has 8 atom stereocenters. The molecular formula is C93H174N6O12. The average molecular weight is 1570 g/mol. The Balaban J connectivity index is 0.000000281. The van der Waals surface area contributed by atoms with Gasteiger partial charge in [0.1, 0.15) is 36.6 Å². The van der Waals surface area contributed by atoms with Gasteiger partial charge in [-0.3, -0.25) is 28.8 Å². The van der Waals surface area contributed by atoms with Crippen molar-refractivity contribution in [2.45, 2.75) is 444 Å². The van der Waals surface area contributed by atoms with Crippen LogP contribution < -0.4 is 31.9 Å². The van der Waals surface area contributed by atoms with Crippen molar-refractivity contribution in [3.05, 3.63) is 0 Å². The van der Waals surface area contributed by atoms with E-state index < -0.39 is 0 Å². The van der Waals surface area contributed by atoms with Crippen LogP contribution in [-0.2, 0) is 57.2 Å². The summed E-state index contributed by atoms with van der Waals surface area (Å²) < 4.78 is 35.7. The molecule has 111 heavy (non-hydrogen) atoms. The first kappa shape index (κ1) is 99.9. The largest absolute Gasteiger partial charge is 0.368 e. The van der Waals surface area contributed by atoms with E-state index in [1.165, 1.54) is 193 Å². The van der Waals surface area contributed by atoms with Crippen LogP contribution in [0.4, 0.5) is 0 Å². The van der Waals surface area contributed by atoms with E-state index in [0.717, 1.165) is 77.2 Å². The molecule has 0 heterocycles. The lowest BCUT2D eigenvalue weighted by atomic mass is 9.81. The first-order chi connectivity index (χ1) is 52.2. The quantitative estimate of drug-likeness (QED) is 0.0341. The smallest absolute Gasteiger partial charge is 0.249 e. The molecule has 6 amide bonds. The summed E-state index contributed by atoms with van der Waals surface area (Å²) in [6.45, 7) is 49.6. The van der Waals surface area contributed by atoms with Gasteiger partial charge in [-0.1, -0.05) is 178 Å². The third kappa shape index (κ3) is 45.2. The van der Waals surface area contributed by atoms with Crippen LogP contribution in [0, 0.1) is 75.4 Å². The van der Waals surface area contributed by atoms with E-state index in [1.807, 2.05) is 83.1 Å². The zero-order chi connectivity index (χ0) is 82.4. The molecule has 648 valence electrons. The summed E-state index contributed by atoms with van der Waals surface area (Å²) in [7, 11) is 0. The molecule has 18 heteroatoms. The molecule has 9 aliphatic rings. The second-order valence-electron chi connectivity index (χ2n) is 41.0. The Bertz CT molecular complexity index is 2430. The minimum absolute atomic E-state index is 0.0236. The fourth-order valence-corrected chi connectivity index (χ4v) is 16.4. The highest BCUT2D eigenvalue weighted by atomic mass is 16.5. The zero-order valence-corrected chi connectivity index (χ0v) is 75.4. The first-order valence-corrected chi connectivity index (χ1v) is 45.8. The molecule has 0 radical (unpaired) electrons. The van der Waals surface area contributed by atoms with Crippen molar-refractivity contribution < 1.29 is 57.2 Å². The lowest BCUT2D eigenvalue weighted by Crippen LogP contribution is -2.47. The number of carbonyl (C=O) groups excluding carboxylic acids is 6. The average Bonchev–Trinajstić information content (AvgIpc) is 1.79. The van der Waals surface area contributed by atoms with Gasteiger partial charge in [-0.05, 0) is 268 Å². The molecule has 0 bridgehead atoms. The minimum Gasteiger partial charge on any atom is -0.368 e. The summed E-state index contributed by atoms with van der Waals surface area (Å²) in [6.07, 6.45) is 40.6. The van der Waals surface area contributed by atoms with Gasteiger partial charge in [0.15, 0.2) is 0 Å². The van der Waals surface area contributed by atoms with Crippen LogP contribution in [0.1, 0.15) is 371 Å². The van der Waals surface area contributed by atoms with Gasteiger partial charge >= 0.3 is 0 Å². The zero-order valence-electron chi connectivity index (χ0n) is 75.4. The predicted molar refractivity (Wildman–Crippen MR) is 454 cm³/mol. The van der Waals surface area contributed by atoms with Gasteiger partial charge in [0.05, 0.1) is 39.6 Å². The van der Waals surface area contributed by atoms with Gasteiger partial charge < -0.3 is 60.3 Å². The first-order valence-electron chi connectivity index (χ1n) is 45.8. The standard InChI is InChI=1S/2C16H29NO2.C16H31NO2.C15H27NO2.2C15H29NO2/c1-11(2)17-16(18)15(9-14-8-12(14)3)19-10-13-6-4-5-7-13;1-12(2)17-16(18)15(10-13-8-5-9-13)19-11-14-6-3-4-7-14;1-12(2)17-15(18)14(10-16(3,4)5)19-11-13-8-6-7-9-13;1-11(2)16-15(17)14(9-12-7-8-12)18-10-13-5-3-4-6-13;2*1-11(2)16-14(17)13(15(3,4)5)18-10-12-8-6-7-9-12/h11-15H,4-10H2,1-3H3,(H,17,18);12-15H,3-11H2,1-2H3,(H,17,18);12-14H,6-11H2,1-5H3,(H,17,18);11-14H,3-10H2,1-2H3,(H,16,17);2*11-13H,6-10H2,1-5H3,(H,16,17). The van der Waals surface area contributed by atoms with E-state index in [9.17, 15) is 28.8 Å². The molecule has 0 spiro atoms. The van der Waals surface area contributed by atoms with Crippen molar-refractivity contribution in [2.75, 3.05) is 39.6 Å². The minimum atomic E-state index is -0.347. The van der Waals surface area contributed by atoms with Gasteiger partial charge in [-0.15, -0.1) is 0 Å². The van der Waals surface area contributed by atoms with E-state index in [0.29, 0.717) is 47.3 Å². The summed E-state index contributed by atoms with van der Waals surface area (Å²) in [5.41, 5.74) is -0.205. The Morgan fingerprint density at radius 3 is 0.694 bits per heavy atom. The van der Waals surface area contributed by atoms with E-state index in [2.05, 4.69) is 101 Å². The van der Waals surface area contributed by atoms with Crippen LogP contribution in [0.2, 0.25) is 0 Å². The molecule has 0 aromatic heterocycles. The summed E-state index contributed by atoms with van der Waals surface area (Å²) in [5, 5.41) is 17.9. The second-order valence-corrected chi connectivity index (χ2v) is 41.0. The predicted octanol–water partition coefficient (Wildman–Crippen LogP) is 19.1. The van der Waals surface area contributed by atoms with E-state index in [4.69, 9.17) is 28.4 Å². The fourth-order valence-electron chi connectivity index (χ4n) is 16.4. The third-order valence-corrected chi connectivity index (χ3v) is 23.4. The lowest BCUT2D eigenvalue weighted by Gasteiger charge is -2.31. The molecule has 0 aliphatic heterocycles. The summed E-state index contributed by atoms with van der Waals surface area (Å²) in [6, 6.07) is 1.10. The van der Waals surface area contributed by atoms with Crippen molar-refractivity contribution in [1.82, 2.24) is 31.9 Å². The summed E-state index contributed by atoms with van der Waals surface area (Å²) >= 11 is 0. The Kier molecular flexibility index (Phi) is 47.2. The normalized spacial score (nSPS) is 21.8. The molecular weight excluding hydrogens is 1390 g/mol. The second kappa shape index (κ2) is 52.4. The molecule has 8 unspecified atom stereocenters. The van der Waals surface area contributed by atoms with Crippen LogP contribution in [-0.4, -0.2) is 148 Å². The fraction of sp³-hybridized carbons (Fsp3) is 0.935. The van der Waals surface area contributed by atoms with Gasteiger partial charge in [0.25, 0.3) is 0 Å². The molecule has 0 saturated heterocycles. The van der Waals surface area contributed by atoms with E-state index in [1.54, 1.807) is 0 Å². The van der Waals surface area contributed by atoms with Crippen LogP contribution in [0.3, 0.4) is 0 Å². The summed E-state index contributed by atoms with van der Waals surface area (Å²) in [4.78, 5) is 73.0. The Labute approximate surface area is 679 Å². The van der Waals surface area contributed by atoms with Crippen molar-refractivity contribution in [3.63, 3.8) is 0 Å². The van der Waals surface area contributed by atoms with Crippen LogP contribution in [0.25, 0.3) is 0 Å².